The molecule has 3 atom stereocenters. The molecule has 0 aromatic heterocycles. The van der Waals surface area contributed by atoms with E-state index in [1.807, 2.05) is 12.1 Å². The lowest BCUT2D eigenvalue weighted by Crippen LogP contribution is -2.55. The number of rotatable bonds is 3. The average Bonchev–Trinajstić information content (AvgIpc) is 2.62. The molecular formula is C20H22N2O3S. The summed E-state index contributed by atoms with van der Waals surface area (Å²) in [5.41, 5.74) is 5.55. The summed E-state index contributed by atoms with van der Waals surface area (Å²) in [5.74, 6) is 0.171. The fourth-order valence-electron chi connectivity index (χ4n) is 4.35. The second kappa shape index (κ2) is 6.52. The van der Waals surface area contributed by atoms with Crippen LogP contribution in [0.25, 0.3) is 11.1 Å². The van der Waals surface area contributed by atoms with Gasteiger partial charge in [0.15, 0.2) is 0 Å². The molecule has 1 amide bonds. The first-order valence-corrected chi connectivity index (χ1v) is 9.97. The van der Waals surface area contributed by atoms with Crippen molar-refractivity contribution in [2.45, 2.75) is 44.1 Å². The number of hydrogen-bond acceptors (Lipinski definition) is 2. The maximum Gasteiger partial charge on any atom is 0.259 e. The van der Waals surface area contributed by atoms with E-state index in [9.17, 15) is 9.00 Å². The van der Waals surface area contributed by atoms with Crippen molar-refractivity contribution in [1.29, 1.82) is 0 Å². The van der Waals surface area contributed by atoms with E-state index in [0.717, 1.165) is 30.4 Å². The molecule has 3 N–H and O–H groups in total. The fourth-order valence-corrected chi connectivity index (χ4v) is 4.69. The number of hydrogen-bond donors (Lipinski definition) is 3. The summed E-state index contributed by atoms with van der Waals surface area (Å²) in [5, 5.41) is 3.18. The minimum absolute atomic E-state index is 0.0129. The summed E-state index contributed by atoms with van der Waals surface area (Å²) in [4.78, 5) is 11.8. The number of anilines is 1. The van der Waals surface area contributed by atoms with Crippen LogP contribution in [0.1, 0.15) is 37.3 Å². The summed E-state index contributed by atoms with van der Waals surface area (Å²) < 4.78 is 22.2. The summed E-state index contributed by atoms with van der Waals surface area (Å²) >= 11 is -2.06. The van der Waals surface area contributed by atoms with Crippen molar-refractivity contribution >= 4 is 22.9 Å². The normalized spacial score (nSPS) is 25.6. The first-order valence-electron chi connectivity index (χ1n) is 8.86. The molecule has 1 fully saturated rings. The summed E-state index contributed by atoms with van der Waals surface area (Å²) in [6.45, 7) is 2.27. The molecule has 0 radical (unpaired) electrons. The van der Waals surface area contributed by atoms with Gasteiger partial charge in [-0.2, -0.15) is 0 Å². The van der Waals surface area contributed by atoms with Gasteiger partial charge in [-0.25, -0.2) is 4.21 Å². The maximum absolute atomic E-state index is 11.8. The van der Waals surface area contributed by atoms with Crippen LogP contribution in [0.4, 0.5) is 5.69 Å². The molecule has 2 aliphatic rings. The van der Waals surface area contributed by atoms with Crippen LogP contribution in [0.5, 0.6) is 0 Å². The number of amides is 1. The van der Waals surface area contributed by atoms with Crippen LogP contribution in [0.2, 0.25) is 0 Å². The molecule has 0 bridgehead atoms. The Morgan fingerprint density at radius 1 is 1.15 bits per heavy atom. The highest BCUT2D eigenvalue weighted by molar-refractivity contribution is 7.80. The minimum Gasteiger partial charge on any atom is -0.352 e. The average molecular weight is 370 g/mol. The third kappa shape index (κ3) is 3.04. The lowest BCUT2D eigenvalue weighted by molar-refractivity contribution is -0.125. The molecule has 1 saturated heterocycles. The highest BCUT2D eigenvalue weighted by Gasteiger charge is 2.43. The molecule has 1 aliphatic heterocycles. The highest BCUT2D eigenvalue weighted by atomic mass is 32.2. The molecule has 5 nitrogen and oxygen atoms in total. The first kappa shape index (κ1) is 17.2. The van der Waals surface area contributed by atoms with Gasteiger partial charge in [0.1, 0.15) is 0 Å². The third-order valence-electron chi connectivity index (χ3n) is 5.82. The number of aryl methyl sites for hydroxylation is 1. The van der Waals surface area contributed by atoms with Crippen LogP contribution in [-0.2, 0) is 27.9 Å². The van der Waals surface area contributed by atoms with Crippen molar-refractivity contribution in [3.8, 4) is 11.1 Å². The van der Waals surface area contributed by atoms with Gasteiger partial charge in [-0.1, -0.05) is 37.3 Å². The standard InChI is InChI=1S/C20H22N2O3S/c1-20-11-10-19(23)21-18(20)9-5-15-12-14(4-8-17(15)20)13-2-6-16(7-3-13)22-26(24)25/h2-4,6-8,12,18,22H,5,9-11H2,1H3,(H,21,23)(H,24,25)/t18-,20-/m1/s1. The van der Waals surface area contributed by atoms with Gasteiger partial charge in [0.25, 0.3) is 11.3 Å². The molecule has 136 valence electrons. The minimum atomic E-state index is -2.06. The van der Waals surface area contributed by atoms with E-state index in [1.165, 1.54) is 11.1 Å². The zero-order valence-corrected chi connectivity index (χ0v) is 15.4. The second-order valence-corrected chi connectivity index (χ2v) is 8.08. The molecule has 1 aliphatic carbocycles. The molecule has 4 rings (SSSR count). The Hall–Kier alpha value is -2.18. The molecule has 26 heavy (non-hydrogen) atoms. The van der Waals surface area contributed by atoms with Gasteiger partial charge >= 0.3 is 0 Å². The molecule has 2 aromatic carbocycles. The Morgan fingerprint density at radius 2 is 1.88 bits per heavy atom. The first-order chi connectivity index (χ1) is 12.5. The van der Waals surface area contributed by atoms with Gasteiger partial charge in [0.2, 0.25) is 5.91 Å². The number of carbonyl (C=O) groups is 1. The van der Waals surface area contributed by atoms with Crippen LogP contribution in [0.3, 0.4) is 0 Å². The monoisotopic (exact) mass is 370 g/mol. The molecule has 1 unspecified atom stereocenters. The van der Waals surface area contributed by atoms with Gasteiger partial charge in [0, 0.05) is 23.6 Å². The molecule has 0 spiro atoms. The van der Waals surface area contributed by atoms with Crippen LogP contribution >= 0.6 is 0 Å². The Kier molecular flexibility index (Phi) is 4.32. The van der Waals surface area contributed by atoms with Crippen LogP contribution in [-0.4, -0.2) is 20.7 Å². The van der Waals surface area contributed by atoms with E-state index in [2.05, 4.69) is 35.2 Å². The van der Waals surface area contributed by atoms with E-state index in [-0.39, 0.29) is 17.4 Å². The Bertz CT molecular complexity index is 881. The third-order valence-corrected chi connectivity index (χ3v) is 6.23. The zero-order chi connectivity index (χ0) is 18.3. The zero-order valence-electron chi connectivity index (χ0n) is 14.6. The predicted octanol–water partition coefficient (Wildman–Crippen LogP) is 3.38. The second-order valence-electron chi connectivity index (χ2n) is 7.38. The lowest BCUT2D eigenvalue weighted by atomic mass is 9.64. The predicted molar refractivity (Wildman–Crippen MR) is 103 cm³/mol. The van der Waals surface area contributed by atoms with E-state index < -0.39 is 11.3 Å². The van der Waals surface area contributed by atoms with E-state index in [1.54, 1.807) is 12.1 Å². The van der Waals surface area contributed by atoms with E-state index in [4.69, 9.17) is 4.55 Å². The van der Waals surface area contributed by atoms with Gasteiger partial charge in [-0.3, -0.25) is 14.1 Å². The van der Waals surface area contributed by atoms with Crippen molar-refractivity contribution in [3.05, 3.63) is 53.6 Å². The van der Waals surface area contributed by atoms with Crippen LogP contribution < -0.4 is 10.0 Å². The van der Waals surface area contributed by atoms with E-state index >= 15 is 0 Å². The van der Waals surface area contributed by atoms with Crippen molar-refractivity contribution in [1.82, 2.24) is 5.32 Å². The van der Waals surface area contributed by atoms with Crippen molar-refractivity contribution in [2.24, 2.45) is 0 Å². The Balaban J connectivity index is 1.64. The number of fused-ring (bicyclic) bond motifs is 3. The summed E-state index contributed by atoms with van der Waals surface area (Å²) in [6.07, 6.45) is 3.43. The fraction of sp³-hybridized carbons (Fsp3) is 0.350. The van der Waals surface area contributed by atoms with Crippen LogP contribution in [0.15, 0.2) is 42.5 Å². The van der Waals surface area contributed by atoms with Gasteiger partial charge in [-0.15, -0.1) is 0 Å². The Morgan fingerprint density at radius 3 is 2.62 bits per heavy atom. The molecule has 0 saturated carbocycles. The number of piperidine rings is 1. The Labute approximate surface area is 155 Å². The smallest absolute Gasteiger partial charge is 0.259 e. The molecule has 6 heteroatoms. The van der Waals surface area contributed by atoms with E-state index in [0.29, 0.717) is 12.1 Å². The lowest BCUT2D eigenvalue weighted by Gasteiger charge is -2.46. The number of nitrogens with one attached hydrogen (secondary N) is 2. The molecule has 1 heterocycles. The molecule has 2 aromatic rings. The van der Waals surface area contributed by atoms with Gasteiger partial charge < -0.3 is 5.32 Å². The SMILES string of the molecule is C[C@]12CCC(=O)N[C@@H]1CCc1cc(-c3ccc(NS(=O)O)cc3)ccc12. The van der Waals surface area contributed by atoms with Crippen LogP contribution in [0, 0.1) is 0 Å². The summed E-state index contributed by atoms with van der Waals surface area (Å²) in [7, 11) is 0. The molecular weight excluding hydrogens is 348 g/mol. The number of carbonyl (C=O) groups excluding carboxylic acids is 1. The maximum atomic E-state index is 11.8. The van der Waals surface area contributed by atoms with Crippen molar-refractivity contribution < 1.29 is 13.6 Å². The summed E-state index contributed by atoms with van der Waals surface area (Å²) in [6, 6.07) is 14.3. The number of benzene rings is 2. The topological polar surface area (TPSA) is 78.4 Å². The quantitative estimate of drug-likeness (QED) is 0.725. The highest BCUT2D eigenvalue weighted by Crippen LogP contribution is 2.43. The largest absolute Gasteiger partial charge is 0.352 e. The van der Waals surface area contributed by atoms with Gasteiger partial charge in [0.05, 0.1) is 0 Å². The van der Waals surface area contributed by atoms with Crippen molar-refractivity contribution in [3.63, 3.8) is 0 Å². The van der Waals surface area contributed by atoms with Gasteiger partial charge in [-0.05, 0) is 53.6 Å². The van der Waals surface area contributed by atoms with Crippen molar-refractivity contribution in [2.75, 3.05) is 4.72 Å².